The number of H-pyrrole nitrogens is 1. The highest BCUT2D eigenvalue weighted by molar-refractivity contribution is 7.98. The topological polar surface area (TPSA) is 403 Å². The Hall–Kier alpha value is -9.14. The van der Waals surface area contributed by atoms with Crippen molar-refractivity contribution in [1.29, 1.82) is 0 Å². The van der Waals surface area contributed by atoms with Crippen LogP contribution >= 0.6 is 11.8 Å². The first-order valence-corrected chi connectivity index (χ1v) is 29.2. The van der Waals surface area contributed by atoms with Crippen LogP contribution in [0.2, 0.25) is 0 Å². The molecule has 0 aliphatic heterocycles. The number of aliphatic hydroxyl groups is 1. The molecule has 1 aromatic heterocycles. The third-order valence-electron chi connectivity index (χ3n) is 13.9. The van der Waals surface area contributed by atoms with Crippen molar-refractivity contribution >= 4 is 71.0 Å². The Morgan fingerprint density at radius 1 is 0.523 bits per heavy atom. The molecule has 15 N–H and O–H groups in total. The minimum Gasteiger partial charge on any atom is -0.508 e. The van der Waals surface area contributed by atoms with Gasteiger partial charge in [-0.1, -0.05) is 123 Å². The van der Waals surface area contributed by atoms with Crippen molar-refractivity contribution in [2.24, 2.45) is 11.7 Å². The maximum Gasteiger partial charge on any atom is 0.326 e. The van der Waals surface area contributed by atoms with Gasteiger partial charge in [0, 0.05) is 37.6 Å². The average Bonchev–Trinajstić information content (AvgIpc) is 4.14. The van der Waals surface area contributed by atoms with E-state index in [-0.39, 0.29) is 44.3 Å². The molecule has 0 aliphatic rings. The number of hydrogen-bond acceptors (Lipinski definition) is 15. The van der Waals surface area contributed by atoms with E-state index in [9.17, 15) is 68.4 Å². The van der Waals surface area contributed by atoms with Gasteiger partial charge in [-0.3, -0.25) is 43.2 Å². The summed E-state index contributed by atoms with van der Waals surface area (Å²) < 4.78 is 0. The molecule has 0 radical (unpaired) electrons. The number of phenolic OH excluding ortho intramolecular Hbond substituents is 1. The van der Waals surface area contributed by atoms with Gasteiger partial charge >= 0.3 is 11.9 Å². The summed E-state index contributed by atoms with van der Waals surface area (Å²) in [6.07, 6.45) is 3.24. The first-order valence-electron chi connectivity index (χ1n) is 27.8. The summed E-state index contributed by atoms with van der Waals surface area (Å²) in [5.74, 6) is -10.7. The molecular formula is C60H75N11O14S. The molecule has 10 atom stereocenters. The summed E-state index contributed by atoms with van der Waals surface area (Å²) in [6, 6.07) is 18.0. The highest BCUT2D eigenvalue weighted by Gasteiger charge is 2.37. The quantitative estimate of drug-likeness (QED) is 0.0257. The number of aliphatic carboxylic acids is 2. The van der Waals surface area contributed by atoms with E-state index in [4.69, 9.17) is 5.73 Å². The Morgan fingerprint density at radius 3 is 1.35 bits per heavy atom. The van der Waals surface area contributed by atoms with Gasteiger partial charge in [0.25, 0.3) is 0 Å². The van der Waals surface area contributed by atoms with Gasteiger partial charge in [-0.25, -0.2) is 9.78 Å². The molecule has 5 rings (SSSR count). The zero-order valence-electron chi connectivity index (χ0n) is 47.8. The number of carboxylic acids is 2. The third-order valence-corrected chi connectivity index (χ3v) is 14.6. The first kappa shape index (κ1) is 67.6. The standard InChI is InChI=1S/C60H75N11O14S/c1-4-35(2)51(60(84)85)71-58(82)46(28-38-18-12-7-13-19-38)67-56(80)47(30-40-32-62-34-63-40)68-54(78)44(27-37-16-10-6-11-17-37)66-57(81)48(31-50(74)75)69-59(83)49(33-72)70-55(79)45(29-39-20-22-41(73)23-21-39)65-53(77)43(24-25-86-3)64-52(76)42(61)26-36-14-8-5-9-15-36/h5-23,32,34-35,42-49,51,72-73H,4,24-31,33,61H2,1-3H3,(H,62,63)(H,64,76)(H,65,77)(H,66,81)(H,67,80)(H,68,78)(H,69,83)(H,70,79)(H,71,82)(H,74,75)(H,84,85)/t35-,42-,43-,44-,45-,46-,47-,48-,49-,51-/m0/s1. The number of hydrogen-bond donors (Lipinski definition) is 14. The number of carbonyl (C=O) groups excluding carboxylic acids is 8. The van der Waals surface area contributed by atoms with Gasteiger partial charge in [-0.05, 0) is 65.2 Å². The average molecular weight is 1210 g/mol. The van der Waals surface area contributed by atoms with Crippen molar-refractivity contribution in [3.05, 3.63) is 156 Å². The van der Waals surface area contributed by atoms with Crippen LogP contribution in [0.15, 0.2) is 128 Å². The fraction of sp³-hybridized carbons (Fsp3) is 0.383. The Morgan fingerprint density at radius 2 is 0.919 bits per heavy atom. The summed E-state index contributed by atoms with van der Waals surface area (Å²) in [6.45, 7) is 2.29. The molecule has 8 amide bonds. The number of nitrogens with two attached hydrogens (primary N) is 1. The SMILES string of the molecule is CC[C@H](C)[C@H](NC(=O)[C@H](Cc1ccccc1)NC(=O)[C@H](Cc1cnc[nH]1)NC(=O)[C@H](Cc1ccccc1)NC(=O)[C@H](CC(=O)O)NC(=O)[C@H](CO)NC(=O)[C@H](Cc1ccc(O)cc1)NC(=O)[C@H](CCSC)NC(=O)[C@@H](N)Cc1ccccc1)C(=O)O. The van der Waals surface area contributed by atoms with Crippen LogP contribution in [0.3, 0.4) is 0 Å². The second-order valence-electron chi connectivity index (χ2n) is 20.5. The van der Waals surface area contributed by atoms with E-state index in [2.05, 4.69) is 52.5 Å². The molecule has 0 aliphatic carbocycles. The van der Waals surface area contributed by atoms with Crippen LogP contribution in [0.1, 0.15) is 61.1 Å². The van der Waals surface area contributed by atoms with Crippen LogP contribution in [0, 0.1) is 5.92 Å². The molecule has 0 saturated heterocycles. The van der Waals surface area contributed by atoms with E-state index in [0.29, 0.717) is 34.6 Å². The number of phenols is 1. The second-order valence-corrected chi connectivity index (χ2v) is 21.5. The van der Waals surface area contributed by atoms with Crippen molar-refractivity contribution in [2.45, 2.75) is 120 Å². The number of aromatic nitrogens is 2. The second kappa shape index (κ2) is 34.6. The number of carboxylic acid groups (broad SMARTS) is 2. The molecular weight excluding hydrogens is 1130 g/mol. The normalized spacial score (nSPS) is 14.5. The summed E-state index contributed by atoms with van der Waals surface area (Å²) in [4.78, 5) is 145. The van der Waals surface area contributed by atoms with Gasteiger partial charge in [0.1, 0.15) is 54.1 Å². The molecule has 0 unspecified atom stereocenters. The predicted octanol–water partition coefficient (Wildman–Crippen LogP) is 0.185. The number of carbonyl (C=O) groups is 10. The van der Waals surface area contributed by atoms with Crippen molar-refractivity contribution in [1.82, 2.24) is 52.5 Å². The van der Waals surface area contributed by atoms with E-state index in [1.54, 1.807) is 105 Å². The number of nitrogens with one attached hydrogen (secondary N) is 9. The smallest absolute Gasteiger partial charge is 0.326 e. The number of amides is 8. The van der Waals surface area contributed by atoms with Gasteiger partial charge < -0.3 is 73.7 Å². The molecule has 0 saturated carbocycles. The van der Waals surface area contributed by atoms with Crippen molar-refractivity contribution < 1.29 is 68.4 Å². The molecule has 26 heteroatoms. The largest absolute Gasteiger partial charge is 0.508 e. The number of aromatic amines is 1. The van der Waals surface area contributed by atoms with Crippen LogP contribution < -0.4 is 48.3 Å². The Labute approximate surface area is 501 Å². The van der Waals surface area contributed by atoms with Gasteiger partial charge in [-0.15, -0.1) is 0 Å². The van der Waals surface area contributed by atoms with Gasteiger partial charge in [0.2, 0.25) is 47.3 Å². The maximum atomic E-state index is 14.6. The predicted molar refractivity (Wildman–Crippen MR) is 317 cm³/mol. The van der Waals surface area contributed by atoms with Gasteiger partial charge in [0.05, 0.1) is 25.4 Å². The number of aromatic hydroxyl groups is 1. The molecule has 5 aromatic rings. The monoisotopic (exact) mass is 1210 g/mol. The minimum atomic E-state index is -1.98. The van der Waals surface area contributed by atoms with Crippen LogP contribution in [0.25, 0.3) is 0 Å². The lowest BCUT2D eigenvalue weighted by Gasteiger charge is -2.28. The van der Waals surface area contributed by atoms with Crippen molar-refractivity contribution in [2.75, 3.05) is 18.6 Å². The summed E-state index contributed by atoms with van der Waals surface area (Å²) in [5, 5.41) is 60.8. The first-order chi connectivity index (χ1) is 41.2. The number of benzene rings is 4. The number of aliphatic hydroxyl groups excluding tert-OH is 1. The molecule has 86 heavy (non-hydrogen) atoms. The highest BCUT2D eigenvalue weighted by atomic mass is 32.2. The third kappa shape index (κ3) is 22.1. The lowest BCUT2D eigenvalue weighted by atomic mass is 9.98. The summed E-state index contributed by atoms with van der Waals surface area (Å²) >= 11 is 1.39. The maximum absolute atomic E-state index is 14.6. The van der Waals surface area contributed by atoms with E-state index in [0.717, 1.165) is 5.56 Å². The number of rotatable bonds is 35. The molecule has 4 aromatic carbocycles. The molecule has 25 nitrogen and oxygen atoms in total. The summed E-state index contributed by atoms with van der Waals surface area (Å²) in [7, 11) is 0. The summed E-state index contributed by atoms with van der Waals surface area (Å²) in [5.41, 5.74) is 8.88. The minimum absolute atomic E-state index is 0.0942. The van der Waals surface area contributed by atoms with Crippen LogP contribution in [0.4, 0.5) is 0 Å². The zero-order valence-corrected chi connectivity index (χ0v) is 48.6. The number of imidazole rings is 1. The lowest BCUT2D eigenvalue weighted by Crippen LogP contribution is -2.61. The Bertz CT molecular complexity index is 3040. The van der Waals surface area contributed by atoms with Crippen LogP contribution in [-0.2, 0) is 80.0 Å². The molecule has 460 valence electrons. The Balaban J connectivity index is 1.37. The van der Waals surface area contributed by atoms with Crippen molar-refractivity contribution in [3.8, 4) is 5.75 Å². The van der Waals surface area contributed by atoms with Gasteiger partial charge in [0.15, 0.2) is 0 Å². The van der Waals surface area contributed by atoms with Crippen LogP contribution in [-0.4, -0.2) is 163 Å². The Kier molecular flexibility index (Phi) is 27.2. The molecule has 0 spiro atoms. The molecule has 1 heterocycles. The fourth-order valence-corrected chi connectivity index (χ4v) is 9.38. The number of thioether (sulfide) groups is 1. The van der Waals surface area contributed by atoms with Crippen LogP contribution in [0.5, 0.6) is 5.75 Å². The number of nitrogens with zero attached hydrogens (tertiary/aromatic N) is 1. The lowest BCUT2D eigenvalue weighted by molar-refractivity contribution is -0.144. The van der Waals surface area contributed by atoms with E-state index >= 15 is 0 Å². The zero-order chi connectivity index (χ0) is 62.7. The van der Waals surface area contributed by atoms with E-state index in [1.165, 1.54) is 48.6 Å². The molecule has 0 fully saturated rings. The van der Waals surface area contributed by atoms with E-state index in [1.807, 2.05) is 6.07 Å². The van der Waals surface area contributed by atoms with E-state index < -0.39 is 133 Å². The van der Waals surface area contributed by atoms with Gasteiger partial charge in [-0.2, -0.15) is 11.8 Å². The van der Waals surface area contributed by atoms with Crippen molar-refractivity contribution in [3.63, 3.8) is 0 Å². The fourth-order valence-electron chi connectivity index (χ4n) is 8.91. The highest BCUT2D eigenvalue weighted by Crippen LogP contribution is 2.15. The molecule has 0 bridgehead atoms.